The Morgan fingerprint density at radius 2 is 2.11 bits per heavy atom. The first-order valence-corrected chi connectivity index (χ1v) is 8.87. The minimum Gasteiger partial charge on any atom is -0.370 e. The first-order chi connectivity index (χ1) is 12.9. The van der Waals surface area contributed by atoms with Gasteiger partial charge in [0.1, 0.15) is 6.61 Å². The molecule has 1 aliphatic heterocycles. The zero-order valence-corrected chi connectivity index (χ0v) is 15.8. The van der Waals surface area contributed by atoms with E-state index in [-0.39, 0.29) is 37.3 Å². The summed E-state index contributed by atoms with van der Waals surface area (Å²) in [5.74, 6) is -0.752. The van der Waals surface area contributed by atoms with E-state index in [2.05, 4.69) is 10.6 Å². The summed E-state index contributed by atoms with van der Waals surface area (Å²) in [6.45, 7) is 2.23. The van der Waals surface area contributed by atoms with Gasteiger partial charge in [-0.1, -0.05) is 0 Å². The summed E-state index contributed by atoms with van der Waals surface area (Å²) in [5, 5.41) is 5.55. The van der Waals surface area contributed by atoms with E-state index < -0.39 is 0 Å². The Balaban J connectivity index is 2.25. The Morgan fingerprint density at radius 3 is 2.78 bits per heavy atom. The Hall–Kier alpha value is -2.49. The second kappa shape index (κ2) is 10.0. The number of amides is 3. The van der Waals surface area contributed by atoms with Crippen LogP contribution in [0, 0.1) is 0 Å². The van der Waals surface area contributed by atoms with Gasteiger partial charge in [-0.25, -0.2) is 0 Å². The minimum absolute atomic E-state index is 0.0132. The third kappa shape index (κ3) is 6.02. The highest BCUT2D eigenvalue weighted by atomic mass is 16.5. The van der Waals surface area contributed by atoms with Crippen molar-refractivity contribution >= 4 is 29.1 Å². The summed E-state index contributed by atoms with van der Waals surface area (Å²) in [7, 11) is 3.82. The number of morpholine rings is 1. The summed E-state index contributed by atoms with van der Waals surface area (Å²) in [6.07, 6.45) is 0.158. The molecule has 0 saturated carbocycles. The Morgan fingerprint density at radius 1 is 1.33 bits per heavy atom. The van der Waals surface area contributed by atoms with Crippen molar-refractivity contribution in [1.82, 2.24) is 10.2 Å². The third-order valence-corrected chi connectivity index (χ3v) is 4.04. The average molecular weight is 377 g/mol. The van der Waals surface area contributed by atoms with Gasteiger partial charge in [0.15, 0.2) is 0 Å². The van der Waals surface area contributed by atoms with Crippen molar-refractivity contribution in [2.45, 2.75) is 6.42 Å². The van der Waals surface area contributed by atoms with Gasteiger partial charge in [0.25, 0.3) is 11.8 Å². The van der Waals surface area contributed by atoms with Crippen LogP contribution in [0.5, 0.6) is 0 Å². The Labute approximate surface area is 158 Å². The van der Waals surface area contributed by atoms with Crippen LogP contribution in [0.1, 0.15) is 16.8 Å². The van der Waals surface area contributed by atoms with Gasteiger partial charge >= 0.3 is 0 Å². The van der Waals surface area contributed by atoms with Crippen LogP contribution in [0.4, 0.5) is 11.4 Å². The fourth-order valence-electron chi connectivity index (χ4n) is 2.62. The minimum atomic E-state index is -0.317. The van der Waals surface area contributed by atoms with Gasteiger partial charge in [-0.15, -0.1) is 0 Å². The van der Waals surface area contributed by atoms with Crippen LogP contribution in [0.2, 0.25) is 0 Å². The van der Waals surface area contributed by atoms with Crippen molar-refractivity contribution in [1.29, 1.82) is 0 Å². The van der Waals surface area contributed by atoms with Crippen LogP contribution in [0.3, 0.4) is 0 Å². The van der Waals surface area contributed by atoms with Gasteiger partial charge < -0.3 is 30.9 Å². The number of hydrogen-bond donors (Lipinski definition) is 3. The van der Waals surface area contributed by atoms with E-state index in [9.17, 15) is 14.4 Å². The van der Waals surface area contributed by atoms with Gasteiger partial charge in [-0.3, -0.25) is 14.4 Å². The number of likely N-dealkylation sites (N-methyl/N-ethyl adjacent to an activating group) is 1. The van der Waals surface area contributed by atoms with Crippen molar-refractivity contribution in [3.05, 3.63) is 23.8 Å². The van der Waals surface area contributed by atoms with E-state index in [1.54, 1.807) is 23.1 Å². The third-order valence-electron chi connectivity index (χ3n) is 4.04. The first kappa shape index (κ1) is 20.8. The topological polar surface area (TPSA) is 117 Å². The normalized spacial score (nSPS) is 14.4. The van der Waals surface area contributed by atoms with Crippen LogP contribution in [0.15, 0.2) is 18.2 Å². The van der Waals surface area contributed by atoms with E-state index in [4.69, 9.17) is 10.5 Å². The summed E-state index contributed by atoms with van der Waals surface area (Å²) in [5.41, 5.74) is 6.70. The molecule has 27 heavy (non-hydrogen) atoms. The highest BCUT2D eigenvalue weighted by molar-refractivity contribution is 6.05. The molecule has 0 aromatic heterocycles. The van der Waals surface area contributed by atoms with Crippen LogP contribution in [-0.4, -0.2) is 76.1 Å². The Kier molecular flexibility index (Phi) is 7.71. The number of carbonyl (C=O) groups is 3. The molecule has 0 bridgehead atoms. The maximum Gasteiger partial charge on any atom is 0.253 e. The van der Waals surface area contributed by atoms with E-state index in [0.29, 0.717) is 43.2 Å². The summed E-state index contributed by atoms with van der Waals surface area (Å²) in [6, 6.07) is 4.96. The fraction of sp³-hybridized carbons (Fsp3) is 0.500. The molecule has 148 valence electrons. The highest BCUT2D eigenvalue weighted by Gasteiger charge is 2.22. The number of nitrogens with two attached hydrogens (primary N) is 1. The summed E-state index contributed by atoms with van der Waals surface area (Å²) in [4.78, 5) is 40.2. The number of rotatable bonds is 8. The van der Waals surface area contributed by atoms with Crippen molar-refractivity contribution in [2.75, 3.05) is 63.7 Å². The second-order valence-corrected chi connectivity index (χ2v) is 6.47. The van der Waals surface area contributed by atoms with E-state index in [1.807, 2.05) is 19.0 Å². The molecule has 9 heteroatoms. The highest BCUT2D eigenvalue weighted by Crippen LogP contribution is 2.25. The monoisotopic (exact) mass is 377 g/mol. The molecule has 0 unspecified atom stereocenters. The molecule has 9 nitrogen and oxygen atoms in total. The second-order valence-electron chi connectivity index (χ2n) is 6.47. The lowest BCUT2D eigenvalue weighted by atomic mass is 10.1. The van der Waals surface area contributed by atoms with Gasteiger partial charge in [0.2, 0.25) is 5.91 Å². The number of carbonyl (C=O) groups excluding carboxylic acids is 3. The Bertz CT molecular complexity index is 692. The largest absolute Gasteiger partial charge is 0.370 e. The fourth-order valence-corrected chi connectivity index (χ4v) is 2.62. The molecule has 0 aliphatic carbocycles. The van der Waals surface area contributed by atoms with Crippen molar-refractivity contribution < 1.29 is 19.1 Å². The molecule has 1 heterocycles. The van der Waals surface area contributed by atoms with Crippen molar-refractivity contribution in [2.24, 2.45) is 5.73 Å². The molecule has 3 amide bonds. The average Bonchev–Trinajstić information content (AvgIpc) is 2.62. The molecule has 2 rings (SSSR count). The van der Waals surface area contributed by atoms with Crippen LogP contribution < -0.4 is 21.3 Å². The van der Waals surface area contributed by atoms with E-state index in [1.165, 1.54) is 0 Å². The zero-order chi connectivity index (χ0) is 19.8. The molecule has 0 radical (unpaired) electrons. The number of ether oxygens (including phenoxy) is 1. The smallest absolute Gasteiger partial charge is 0.253 e. The number of hydrogen-bond acceptors (Lipinski definition) is 6. The van der Waals surface area contributed by atoms with Crippen LogP contribution in [0.25, 0.3) is 0 Å². The molecule has 1 fully saturated rings. The van der Waals surface area contributed by atoms with Crippen molar-refractivity contribution in [3.63, 3.8) is 0 Å². The lowest BCUT2D eigenvalue weighted by Crippen LogP contribution is -2.41. The maximum absolute atomic E-state index is 12.7. The predicted molar refractivity (Wildman–Crippen MR) is 103 cm³/mol. The van der Waals surface area contributed by atoms with Gasteiger partial charge in [0.05, 0.1) is 17.9 Å². The number of benzene rings is 1. The molecular weight excluding hydrogens is 350 g/mol. The van der Waals surface area contributed by atoms with Gasteiger partial charge in [-0.2, -0.15) is 0 Å². The van der Waals surface area contributed by atoms with Gasteiger partial charge in [0, 0.05) is 38.3 Å². The lowest BCUT2D eigenvalue weighted by molar-refractivity contribution is -0.125. The number of nitrogens with one attached hydrogen (secondary N) is 2. The molecule has 1 saturated heterocycles. The van der Waals surface area contributed by atoms with Crippen LogP contribution in [-0.2, 0) is 14.3 Å². The standard InChI is InChI=1S/C18H27N5O4/c1-22(2)8-7-20-18(26)14-11-13(23-9-10-27-12-17(23)25)3-4-15(14)21-16(24)5-6-19/h3-4,11H,5-10,12,19H2,1-2H3,(H,20,26)(H,21,24). The SMILES string of the molecule is CN(C)CCNC(=O)c1cc(N2CCOCC2=O)ccc1NC(=O)CCN. The molecule has 0 atom stereocenters. The summed E-state index contributed by atoms with van der Waals surface area (Å²) < 4.78 is 5.15. The van der Waals surface area contributed by atoms with E-state index >= 15 is 0 Å². The van der Waals surface area contributed by atoms with Gasteiger partial charge in [-0.05, 0) is 32.3 Å². The zero-order valence-electron chi connectivity index (χ0n) is 15.8. The van der Waals surface area contributed by atoms with E-state index in [0.717, 1.165) is 0 Å². The first-order valence-electron chi connectivity index (χ1n) is 8.87. The molecular formula is C18H27N5O4. The van der Waals surface area contributed by atoms with Crippen molar-refractivity contribution in [3.8, 4) is 0 Å². The predicted octanol–water partition coefficient (Wildman–Crippen LogP) is -0.371. The lowest BCUT2D eigenvalue weighted by Gasteiger charge is -2.27. The molecule has 4 N–H and O–H groups in total. The number of anilines is 2. The molecule has 1 aromatic carbocycles. The quantitative estimate of drug-likeness (QED) is 0.569. The molecule has 1 aliphatic rings. The number of nitrogens with zero attached hydrogens (tertiary/aromatic N) is 2. The molecule has 1 aromatic rings. The van der Waals surface area contributed by atoms with Crippen LogP contribution >= 0.6 is 0 Å². The maximum atomic E-state index is 12.7. The molecule has 0 spiro atoms. The summed E-state index contributed by atoms with van der Waals surface area (Å²) >= 11 is 0.